The zero-order chi connectivity index (χ0) is 20.1. The molecule has 3 saturated carbocycles. The Morgan fingerprint density at radius 3 is 2.54 bits per heavy atom. The van der Waals surface area contributed by atoms with Gasteiger partial charge in [-0.15, -0.1) is 0 Å². The van der Waals surface area contributed by atoms with Gasteiger partial charge in [-0.1, -0.05) is 65.5 Å². The van der Waals surface area contributed by atoms with Gasteiger partial charge in [0.2, 0.25) is 0 Å². The molecule has 4 aliphatic rings. The fourth-order valence-corrected chi connectivity index (χ4v) is 8.64. The van der Waals surface area contributed by atoms with Crippen LogP contribution in [-0.2, 0) is 0 Å². The molecule has 0 aromatic heterocycles. The van der Waals surface area contributed by atoms with E-state index in [1.54, 1.807) is 0 Å². The molecule has 4 aliphatic carbocycles. The highest BCUT2D eigenvalue weighted by Gasteiger charge is 2.59. The van der Waals surface area contributed by atoms with Gasteiger partial charge in [0.05, 0.1) is 0 Å². The molecule has 0 aromatic carbocycles. The van der Waals surface area contributed by atoms with Crippen molar-refractivity contribution in [2.75, 3.05) is 0 Å². The smallest absolute Gasteiger partial charge is 0.104 e. The van der Waals surface area contributed by atoms with Crippen LogP contribution in [0.5, 0.6) is 0 Å². The number of fused-ring (bicyclic) bond motifs is 5. The Morgan fingerprint density at radius 1 is 1.00 bits per heavy atom. The van der Waals surface area contributed by atoms with E-state index in [9.17, 15) is 4.39 Å². The lowest BCUT2D eigenvalue weighted by molar-refractivity contribution is -0.0537. The Bertz CT molecular complexity index is 591. The van der Waals surface area contributed by atoms with Gasteiger partial charge in [-0.25, -0.2) is 4.39 Å². The first-order valence-corrected chi connectivity index (χ1v) is 12.6. The summed E-state index contributed by atoms with van der Waals surface area (Å²) in [5.41, 5.74) is 2.37. The first-order chi connectivity index (χ1) is 13.3. The summed E-state index contributed by atoms with van der Waals surface area (Å²) in [6.45, 7) is 12.5. The van der Waals surface area contributed by atoms with Crippen molar-refractivity contribution in [3.63, 3.8) is 0 Å². The Balaban J connectivity index is 1.49. The maximum absolute atomic E-state index is 14.1. The van der Waals surface area contributed by atoms with Crippen molar-refractivity contribution in [2.24, 2.45) is 46.3 Å². The standard InChI is InChI=1S/C27H45F/c1-18(2)7-6-8-19(3)23-11-12-24-22-10-9-20-17-21(28)13-15-26(20,4)25(22)14-16-27(23,24)5/h9,18-19,21-25H,6-8,10-17H2,1-5H3/t19-,21-,22+,23+,24-,25-,26+,27+/m0/s1. The number of rotatable bonds is 5. The molecular formula is C27H45F. The van der Waals surface area contributed by atoms with Crippen LogP contribution in [0.25, 0.3) is 0 Å². The van der Waals surface area contributed by atoms with Crippen LogP contribution in [0.4, 0.5) is 4.39 Å². The fraction of sp³-hybridized carbons (Fsp3) is 0.926. The second-order valence-electron chi connectivity index (χ2n) is 12.1. The molecule has 160 valence electrons. The monoisotopic (exact) mass is 388 g/mol. The quantitative estimate of drug-likeness (QED) is 0.415. The van der Waals surface area contributed by atoms with Crippen molar-refractivity contribution in [1.29, 1.82) is 0 Å². The van der Waals surface area contributed by atoms with Gasteiger partial charge in [0.25, 0.3) is 0 Å². The van der Waals surface area contributed by atoms with Gasteiger partial charge >= 0.3 is 0 Å². The average molecular weight is 389 g/mol. The number of alkyl halides is 1. The molecule has 0 heterocycles. The first kappa shape index (κ1) is 20.9. The van der Waals surface area contributed by atoms with Gasteiger partial charge in [-0.3, -0.25) is 0 Å². The van der Waals surface area contributed by atoms with E-state index in [4.69, 9.17) is 0 Å². The van der Waals surface area contributed by atoms with E-state index >= 15 is 0 Å². The van der Waals surface area contributed by atoms with Gasteiger partial charge in [-0.2, -0.15) is 0 Å². The van der Waals surface area contributed by atoms with Gasteiger partial charge in [0.1, 0.15) is 6.17 Å². The third-order valence-electron chi connectivity index (χ3n) is 10.2. The minimum atomic E-state index is -0.577. The normalized spacial score (nSPS) is 46.5. The molecule has 0 spiro atoms. The van der Waals surface area contributed by atoms with Gasteiger partial charge in [-0.05, 0) is 91.3 Å². The zero-order valence-corrected chi connectivity index (χ0v) is 19.3. The van der Waals surface area contributed by atoms with Crippen molar-refractivity contribution < 1.29 is 4.39 Å². The summed E-state index contributed by atoms with van der Waals surface area (Å²) in [4.78, 5) is 0. The second kappa shape index (κ2) is 7.73. The second-order valence-corrected chi connectivity index (χ2v) is 12.1. The highest BCUT2D eigenvalue weighted by atomic mass is 19.1. The largest absolute Gasteiger partial charge is 0.247 e. The molecule has 0 amide bonds. The molecule has 0 aliphatic heterocycles. The van der Waals surface area contributed by atoms with Crippen molar-refractivity contribution >= 4 is 0 Å². The van der Waals surface area contributed by atoms with Crippen LogP contribution in [0.1, 0.15) is 105 Å². The minimum Gasteiger partial charge on any atom is -0.247 e. The molecule has 0 bridgehead atoms. The summed E-state index contributed by atoms with van der Waals surface area (Å²) < 4.78 is 14.1. The summed E-state index contributed by atoms with van der Waals surface area (Å²) in [7, 11) is 0. The molecule has 4 rings (SSSR count). The van der Waals surface area contributed by atoms with E-state index in [-0.39, 0.29) is 0 Å². The van der Waals surface area contributed by atoms with E-state index in [0.29, 0.717) is 10.8 Å². The SMILES string of the molecule is CC(C)CCC[C@H](C)[C@H]1CC[C@H]2[C@H]3CC=C4C[C@@H](F)CC[C@@]4(C)[C@H]3CC[C@]12C. The minimum absolute atomic E-state index is 0.313. The number of hydrogen-bond donors (Lipinski definition) is 0. The molecule has 0 unspecified atom stereocenters. The van der Waals surface area contributed by atoms with Gasteiger partial charge in [0.15, 0.2) is 0 Å². The highest BCUT2D eigenvalue weighted by molar-refractivity contribution is 5.25. The molecule has 1 heteroatoms. The molecule has 8 atom stereocenters. The number of allylic oxidation sites excluding steroid dienone is 2. The van der Waals surface area contributed by atoms with Crippen LogP contribution in [0.2, 0.25) is 0 Å². The lowest BCUT2D eigenvalue weighted by Crippen LogP contribution is -2.50. The molecule has 3 fully saturated rings. The molecular weight excluding hydrogens is 343 g/mol. The molecule has 0 radical (unpaired) electrons. The van der Waals surface area contributed by atoms with Crippen molar-refractivity contribution in [1.82, 2.24) is 0 Å². The van der Waals surface area contributed by atoms with Crippen LogP contribution in [-0.4, -0.2) is 6.17 Å². The Hall–Kier alpha value is -0.330. The van der Waals surface area contributed by atoms with Gasteiger partial charge < -0.3 is 0 Å². The third-order valence-corrected chi connectivity index (χ3v) is 10.2. The summed E-state index contributed by atoms with van der Waals surface area (Å²) in [5, 5.41) is 0. The van der Waals surface area contributed by atoms with Crippen LogP contribution in [0.15, 0.2) is 11.6 Å². The molecule has 0 saturated heterocycles. The zero-order valence-electron chi connectivity index (χ0n) is 19.3. The van der Waals surface area contributed by atoms with Crippen molar-refractivity contribution in [3.8, 4) is 0 Å². The summed E-state index contributed by atoms with van der Waals surface area (Å²) in [5.74, 6) is 5.28. The van der Waals surface area contributed by atoms with Gasteiger partial charge in [0, 0.05) is 6.42 Å². The fourth-order valence-electron chi connectivity index (χ4n) is 8.64. The van der Waals surface area contributed by atoms with Crippen LogP contribution >= 0.6 is 0 Å². The Morgan fingerprint density at radius 2 is 1.79 bits per heavy atom. The topological polar surface area (TPSA) is 0 Å². The molecule has 0 N–H and O–H groups in total. The van der Waals surface area contributed by atoms with Crippen LogP contribution in [0, 0.1) is 46.3 Å². The predicted octanol–water partition coefficient (Wildman–Crippen LogP) is 8.37. The van der Waals surface area contributed by atoms with E-state index < -0.39 is 6.17 Å². The maximum atomic E-state index is 14.1. The van der Waals surface area contributed by atoms with E-state index in [2.05, 4.69) is 40.7 Å². The molecule has 0 nitrogen and oxygen atoms in total. The summed E-state index contributed by atoms with van der Waals surface area (Å²) in [6, 6.07) is 0. The summed E-state index contributed by atoms with van der Waals surface area (Å²) in [6.07, 6.45) is 15.8. The maximum Gasteiger partial charge on any atom is 0.104 e. The van der Waals surface area contributed by atoms with E-state index in [1.807, 2.05) is 0 Å². The van der Waals surface area contributed by atoms with E-state index in [1.165, 1.54) is 56.9 Å². The lowest BCUT2D eigenvalue weighted by Gasteiger charge is -2.58. The summed E-state index contributed by atoms with van der Waals surface area (Å²) >= 11 is 0. The van der Waals surface area contributed by atoms with Crippen LogP contribution in [0.3, 0.4) is 0 Å². The average Bonchev–Trinajstić information content (AvgIpc) is 2.99. The number of halogens is 1. The Kier molecular flexibility index (Phi) is 5.78. The van der Waals surface area contributed by atoms with E-state index in [0.717, 1.165) is 54.8 Å². The molecule has 0 aromatic rings. The lowest BCUT2D eigenvalue weighted by atomic mass is 9.47. The Labute approximate surface area is 174 Å². The van der Waals surface area contributed by atoms with Crippen molar-refractivity contribution in [3.05, 3.63) is 11.6 Å². The third kappa shape index (κ3) is 3.41. The predicted molar refractivity (Wildman–Crippen MR) is 118 cm³/mol. The first-order valence-electron chi connectivity index (χ1n) is 12.6. The van der Waals surface area contributed by atoms with Crippen molar-refractivity contribution in [2.45, 2.75) is 111 Å². The highest BCUT2D eigenvalue weighted by Crippen LogP contribution is 2.67. The molecule has 28 heavy (non-hydrogen) atoms. The number of hydrogen-bond acceptors (Lipinski definition) is 0. The van der Waals surface area contributed by atoms with Crippen LogP contribution < -0.4 is 0 Å².